The maximum atomic E-state index is 12.1. The summed E-state index contributed by atoms with van der Waals surface area (Å²) in [6, 6.07) is 1.58. The smallest absolute Gasteiger partial charge is 0.405 e. The molecule has 0 bridgehead atoms. The first-order valence-electron chi connectivity index (χ1n) is 8.78. The highest BCUT2D eigenvalue weighted by Gasteiger charge is 2.50. The molecule has 7 nitrogen and oxygen atoms in total. The van der Waals surface area contributed by atoms with E-state index in [0.29, 0.717) is 12.8 Å². The van der Waals surface area contributed by atoms with Crippen LogP contribution in [-0.2, 0) is 27.7 Å². The molecule has 0 radical (unpaired) electrons. The van der Waals surface area contributed by atoms with Crippen LogP contribution in [0.15, 0.2) is 17.1 Å². The summed E-state index contributed by atoms with van der Waals surface area (Å²) in [5.41, 5.74) is 4.94. The van der Waals surface area contributed by atoms with E-state index in [2.05, 4.69) is 0 Å². The van der Waals surface area contributed by atoms with Gasteiger partial charge in [0.15, 0.2) is 6.29 Å². The molecule has 2 N–H and O–H groups in total. The highest BCUT2D eigenvalue weighted by atomic mass is 16.7. The number of rotatable bonds is 5. The van der Waals surface area contributed by atoms with Crippen LogP contribution in [0.2, 0.25) is 0 Å². The summed E-state index contributed by atoms with van der Waals surface area (Å²) in [6.07, 6.45) is 1.40. The number of aromatic nitrogens is 1. The van der Waals surface area contributed by atoms with Gasteiger partial charge in [-0.15, -0.1) is 0 Å². The van der Waals surface area contributed by atoms with Gasteiger partial charge in [-0.05, 0) is 59.9 Å². The molecule has 1 aromatic heterocycles. The highest BCUT2D eigenvalue weighted by Crippen LogP contribution is 2.45. The zero-order valence-electron chi connectivity index (χ0n) is 16.7. The van der Waals surface area contributed by atoms with E-state index < -0.39 is 29.2 Å². The molecule has 1 aliphatic rings. The lowest BCUT2D eigenvalue weighted by Crippen LogP contribution is -2.41. The van der Waals surface area contributed by atoms with Crippen molar-refractivity contribution in [3.63, 3.8) is 0 Å². The number of hydrogen-bond donors (Lipinski definition) is 1. The van der Waals surface area contributed by atoms with Crippen LogP contribution in [0.1, 0.15) is 65.4 Å². The molecule has 2 heterocycles. The summed E-state index contributed by atoms with van der Waals surface area (Å²) in [5.74, 6) is 0. The minimum absolute atomic E-state index is 0.117. The van der Waals surface area contributed by atoms with Gasteiger partial charge in [-0.2, -0.15) is 0 Å². The van der Waals surface area contributed by atoms with Gasteiger partial charge in [0.05, 0.1) is 11.2 Å². The third kappa shape index (κ3) is 4.27. The summed E-state index contributed by atoms with van der Waals surface area (Å²) in [5, 5.41) is 0. The first-order chi connectivity index (χ1) is 11.7. The second-order valence-electron chi connectivity index (χ2n) is 8.47. The molecule has 1 fully saturated rings. The Labute approximate surface area is 154 Å². The molecule has 26 heavy (non-hydrogen) atoms. The molecule has 1 aliphatic heterocycles. The molecular weight excluding hydrogens is 336 g/mol. The van der Waals surface area contributed by atoms with Crippen LogP contribution in [0.5, 0.6) is 0 Å². The fourth-order valence-corrected chi connectivity index (χ4v) is 2.85. The molecule has 146 valence electrons. The lowest BCUT2D eigenvalue weighted by Gasteiger charge is -2.30. The predicted octanol–water partition coefficient (Wildman–Crippen LogP) is 2.79. The molecule has 0 aliphatic carbocycles. The topological polar surface area (TPSA) is 92.8 Å². The van der Waals surface area contributed by atoms with E-state index in [9.17, 15) is 9.59 Å². The Morgan fingerprint density at radius 1 is 1.27 bits per heavy atom. The summed E-state index contributed by atoms with van der Waals surface area (Å²) < 4.78 is 18.9. The Bertz CT molecular complexity index is 733. The molecule has 1 amide bonds. The van der Waals surface area contributed by atoms with Crippen LogP contribution >= 0.6 is 0 Å². The van der Waals surface area contributed by atoms with Gasteiger partial charge in [-0.25, -0.2) is 4.79 Å². The molecule has 2 rings (SSSR count). The van der Waals surface area contributed by atoms with Gasteiger partial charge in [0, 0.05) is 24.9 Å². The second-order valence-corrected chi connectivity index (χ2v) is 8.47. The van der Waals surface area contributed by atoms with E-state index in [-0.39, 0.29) is 5.56 Å². The molecular formula is C19H30N2O5. The number of pyridine rings is 1. The fraction of sp³-hybridized carbons (Fsp3) is 0.684. The van der Waals surface area contributed by atoms with Gasteiger partial charge in [-0.3, -0.25) is 4.79 Å². The Morgan fingerprint density at radius 3 is 2.31 bits per heavy atom. The number of carbonyl (C=O) groups is 1. The van der Waals surface area contributed by atoms with Crippen LogP contribution in [0, 0.1) is 0 Å². The summed E-state index contributed by atoms with van der Waals surface area (Å²) in [4.78, 5) is 23.2. The largest absolute Gasteiger partial charge is 0.444 e. The average molecular weight is 366 g/mol. The maximum Gasteiger partial charge on any atom is 0.405 e. The van der Waals surface area contributed by atoms with E-state index in [4.69, 9.17) is 19.9 Å². The number of nitrogens with zero attached hydrogens (tertiary/aromatic N) is 1. The van der Waals surface area contributed by atoms with Crippen molar-refractivity contribution < 1.29 is 19.0 Å². The molecule has 7 heteroatoms. The minimum Gasteiger partial charge on any atom is -0.444 e. The summed E-state index contributed by atoms with van der Waals surface area (Å²) >= 11 is 0. The Kier molecular flexibility index (Phi) is 5.27. The molecule has 0 spiro atoms. The zero-order chi connectivity index (χ0) is 19.9. The second kappa shape index (κ2) is 6.70. The normalized spacial score (nSPS) is 19.5. The molecule has 0 saturated carbocycles. The zero-order valence-corrected chi connectivity index (χ0v) is 16.7. The fourth-order valence-electron chi connectivity index (χ4n) is 2.85. The van der Waals surface area contributed by atoms with E-state index in [1.54, 1.807) is 33.2 Å². The van der Waals surface area contributed by atoms with Crippen molar-refractivity contribution in [1.29, 1.82) is 0 Å². The highest BCUT2D eigenvalue weighted by molar-refractivity contribution is 5.65. The number of hydrogen-bond acceptors (Lipinski definition) is 5. The van der Waals surface area contributed by atoms with Gasteiger partial charge in [0.25, 0.3) is 5.56 Å². The molecule has 0 atom stereocenters. The number of aryl methyl sites for hydroxylation is 2. The standard InChI is InChI=1S/C19H30N2O5/c1-17(2,26-16(20)23)9-8-12-10-14(22)21(7)11-13(12)15-24-18(3,4)19(5,6)25-15/h10-11,15H,8-9H2,1-7H3,(H2,20,23). The number of primary amides is 1. The monoisotopic (exact) mass is 366 g/mol. The van der Waals surface area contributed by atoms with Crippen LogP contribution in [-0.4, -0.2) is 27.5 Å². The van der Waals surface area contributed by atoms with Crippen molar-refractivity contribution in [1.82, 2.24) is 4.57 Å². The predicted molar refractivity (Wildman–Crippen MR) is 97.8 cm³/mol. The average Bonchev–Trinajstić information content (AvgIpc) is 2.67. The quantitative estimate of drug-likeness (QED) is 0.865. The van der Waals surface area contributed by atoms with E-state index in [1.165, 1.54) is 4.57 Å². The van der Waals surface area contributed by atoms with Crippen LogP contribution in [0.3, 0.4) is 0 Å². The van der Waals surface area contributed by atoms with Crippen molar-refractivity contribution >= 4 is 6.09 Å². The van der Waals surface area contributed by atoms with Gasteiger partial charge in [0.2, 0.25) is 0 Å². The SMILES string of the molecule is Cn1cc(C2OC(C)(C)C(C)(C)O2)c(CCC(C)(C)OC(N)=O)cc1=O. The van der Waals surface area contributed by atoms with Crippen molar-refractivity contribution in [2.75, 3.05) is 0 Å². The number of nitrogens with two attached hydrogens (primary N) is 1. The van der Waals surface area contributed by atoms with Gasteiger partial charge in [-0.1, -0.05) is 0 Å². The lowest BCUT2D eigenvalue weighted by molar-refractivity contribution is -0.0905. The van der Waals surface area contributed by atoms with E-state index in [1.807, 2.05) is 27.7 Å². The molecule has 1 aromatic rings. The first-order valence-corrected chi connectivity index (χ1v) is 8.78. The summed E-state index contributed by atoms with van der Waals surface area (Å²) in [7, 11) is 1.70. The van der Waals surface area contributed by atoms with Gasteiger partial charge in [0.1, 0.15) is 5.60 Å². The van der Waals surface area contributed by atoms with Crippen LogP contribution in [0.25, 0.3) is 0 Å². The Morgan fingerprint density at radius 2 is 1.81 bits per heavy atom. The summed E-state index contributed by atoms with van der Waals surface area (Å²) in [6.45, 7) is 11.5. The number of amides is 1. The molecule has 1 saturated heterocycles. The van der Waals surface area contributed by atoms with Crippen molar-refractivity contribution in [3.05, 3.63) is 33.7 Å². The molecule has 0 unspecified atom stereocenters. The number of ether oxygens (including phenoxy) is 3. The van der Waals surface area contributed by atoms with Gasteiger partial charge < -0.3 is 24.5 Å². The number of carbonyl (C=O) groups excluding carboxylic acids is 1. The van der Waals surface area contributed by atoms with Crippen molar-refractivity contribution in [2.24, 2.45) is 12.8 Å². The van der Waals surface area contributed by atoms with E-state index >= 15 is 0 Å². The third-order valence-corrected chi connectivity index (χ3v) is 5.23. The van der Waals surface area contributed by atoms with Gasteiger partial charge >= 0.3 is 6.09 Å². The van der Waals surface area contributed by atoms with Crippen LogP contribution < -0.4 is 11.3 Å². The van der Waals surface area contributed by atoms with Crippen molar-refractivity contribution in [2.45, 2.75) is 77.5 Å². The Balaban J connectivity index is 2.32. The van der Waals surface area contributed by atoms with E-state index in [0.717, 1.165) is 11.1 Å². The molecule has 0 aromatic carbocycles. The third-order valence-electron chi connectivity index (χ3n) is 5.23. The maximum absolute atomic E-state index is 12.1. The first kappa shape index (κ1) is 20.5. The lowest BCUT2D eigenvalue weighted by atomic mass is 9.90. The van der Waals surface area contributed by atoms with Crippen LogP contribution in [0.4, 0.5) is 4.79 Å². The van der Waals surface area contributed by atoms with Crippen molar-refractivity contribution in [3.8, 4) is 0 Å². The minimum atomic E-state index is -0.815. The Hall–Kier alpha value is -1.86.